The van der Waals surface area contributed by atoms with Gasteiger partial charge in [-0.3, -0.25) is 0 Å². The predicted molar refractivity (Wildman–Crippen MR) is 70.5 cm³/mol. The van der Waals surface area contributed by atoms with E-state index in [1.54, 1.807) is 6.33 Å². The number of hydrogen-bond donors (Lipinski definition) is 1. The van der Waals surface area contributed by atoms with Crippen LogP contribution in [0.3, 0.4) is 0 Å². The van der Waals surface area contributed by atoms with Crippen molar-refractivity contribution < 1.29 is 0 Å². The molecule has 0 bridgehead atoms. The van der Waals surface area contributed by atoms with E-state index in [1.807, 2.05) is 29.7 Å². The van der Waals surface area contributed by atoms with Crippen molar-refractivity contribution in [1.82, 2.24) is 9.55 Å². The first-order valence-electron chi connectivity index (χ1n) is 4.89. The molecule has 16 heavy (non-hydrogen) atoms. The molecule has 2 rings (SSSR count). The molecule has 0 fully saturated rings. The third-order valence-corrected chi connectivity index (χ3v) is 3.64. The fraction of sp³-hybridized carbons (Fsp3) is 0.182. The van der Waals surface area contributed by atoms with Crippen LogP contribution in [0.1, 0.15) is 6.92 Å². The van der Waals surface area contributed by atoms with Crippen LogP contribution in [0.5, 0.6) is 0 Å². The molecule has 0 saturated heterocycles. The standard InChI is InChI=1S/C11H11BrClN3/c1-2-16-6-15-10(11(16)14)7-3-4-8(12)9(13)5-7/h3-6H,2,14H2,1H3. The van der Waals surface area contributed by atoms with Gasteiger partial charge in [-0.15, -0.1) is 0 Å². The first kappa shape index (κ1) is 11.5. The number of nitrogens with two attached hydrogens (primary N) is 1. The highest BCUT2D eigenvalue weighted by Gasteiger charge is 2.10. The predicted octanol–water partition coefficient (Wildman–Crippen LogP) is 3.57. The van der Waals surface area contributed by atoms with E-state index in [4.69, 9.17) is 17.3 Å². The SMILES string of the molecule is CCn1cnc(-c2ccc(Br)c(Cl)c2)c1N. The first-order chi connectivity index (χ1) is 7.63. The summed E-state index contributed by atoms with van der Waals surface area (Å²) < 4.78 is 2.76. The largest absolute Gasteiger partial charge is 0.383 e. The third kappa shape index (κ3) is 1.95. The van der Waals surface area contributed by atoms with Gasteiger partial charge in [0, 0.05) is 16.6 Å². The van der Waals surface area contributed by atoms with Crippen molar-refractivity contribution in [1.29, 1.82) is 0 Å². The Labute approximate surface area is 107 Å². The van der Waals surface area contributed by atoms with Gasteiger partial charge in [0.25, 0.3) is 0 Å². The van der Waals surface area contributed by atoms with Crippen molar-refractivity contribution in [2.75, 3.05) is 5.73 Å². The second kappa shape index (κ2) is 4.47. The number of nitrogen functional groups attached to an aromatic ring is 1. The van der Waals surface area contributed by atoms with Crippen LogP contribution in [0.15, 0.2) is 29.0 Å². The van der Waals surface area contributed by atoms with Crippen LogP contribution in [0.4, 0.5) is 5.82 Å². The third-order valence-electron chi connectivity index (χ3n) is 2.41. The van der Waals surface area contributed by atoms with Crippen LogP contribution in [-0.2, 0) is 6.54 Å². The first-order valence-corrected chi connectivity index (χ1v) is 6.06. The van der Waals surface area contributed by atoms with Gasteiger partial charge in [0.1, 0.15) is 11.5 Å². The van der Waals surface area contributed by atoms with Crippen molar-refractivity contribution >= 4 is 33.3 Å². The van der Waals surface area contributed by atoms with Crippen LogP contribution in [0.25, 0.3) is 11.3 Å². The number of rotatable bonds is 2. The minimum absolute atomic E-state index is 0.656. The van der Waals surface area contributed by atoms with E-state index in [0.29, 0.717) is 10.8 Å². The quantitative estimate of drug-likeness (QED) is 0.921. The van der Waals surface area contributed by atoms with Crippen LogP contribution in [0, 0.1) is 0 Å². The summed E-state index contributed by atoms with van der Waals surface area (Å²) in [5, 5.41) is 0.656. The lowest BCUT2D eigenvalue weighted by Gasteiger charge is -2.03. The Morgan fingerprint density at radius 2 is 2.25 bits per heavy atom. The molecule has 2 N–H and O–H groups in total. The van der Waals surface area contributed by atoms with Crippen molar-refractivity contribution in [2.24, 2.45) is 0 Å². The molecule has 0 aliphatic carbocycles. The molecule has 5 heteroatoms. The van der Waals surface area contributed by atoms with Gasteiger partial charge >= 0.3 is 0 Å². The Balaban J connectivity index is 2.50. The van der Waals surface area contributed by atoms with E-state index in [2.05, 4.69) is 20.9 Å². The molecule has 1 aromatic heterocycles. The molecule has 0 amide bonds. The molecule has 0 aliphatic rings. The Hall–Kier alpha value is -1.00. The summed E-state index contributed by atoms with van der Waals surface area (Å²) in [4.78, 5) is 4.29. The maximum Gasteiger partial charge on any atom is 0.131 e. The van der Waals surface area contributed by atoms with E-state index in [0.717, 1.165) is 22.3 Å². The van der Waals surface area contributed by atoms with Crippen molar-refractivity contribution in [3.63, 3.8) is 0 Å². The molecule has 0 atom stereocenters. The summed E-state index contributed by atoms with van der Waals surface area (Å²) in [7, 11) is 0. The normalized spacial score (nSPS) is 10.7. The van der Waals surface area contributed by atoms with E-state index in [9.17, 15) is 0 Å². The zero-order valence-electron chi connectivity index (χ0n) is 8.74. The van der Waals surface area contributed by atoms with Crippen LogP contribution in [-0.4, -0.2) is 9.55 Å². The number of imidazole rings is 1. The zero-order valence-corrected chi connectivity index (χ0v) is 11.1. The highest BCUT2D eigenvalue weighted by Crippen LogP contribution is 2.30. The molecule has 0 radical (unpaired) electrons. The molecule has 0 aliphatic heterocycles. The van der Waals surface area contributed by atoms with Gasteiger partial charge in [0.05, 0.1) is 11.3 Å². The summed E-state index contributed by atoms with van der Waals surface area (Å²) in [6.45, 7) is 2.83. The number of nitrogens with zero attached hydrogens (tertiary/aromatic N) is 2. The van der Waals surface area contributed by atoms with Gasteiger partial charge < -0.3 is 10.3 Å². The lowest BCUT2D eigenvalue weighted by molar-refractivity contribution is 0.771. The molecule has 2 aromatic rings. The van der Waals surface area contributed by atoms with E-state index in [1.165, 1.54) is 0 Å². The molecule has 84 valence electrons. The summed E-state index contributed by atoms with van der Waals surface area (Å²) in [6, 6.07) is 5.68. The number of aromatic nitrogens is 2. The fourth-order valence-corrected chi connectivity index (χ4v) is 1.94. The summed E-state index contributed by atoms with van der Waals surface area (Å²) in [6.07, 6.45) is 1.74. The number of aryl methyl sites for hydroxylation is 1. The Bertz CT molecular complexity index is 522. The molecule has 0 spiro atoms. The lowest BCUT2D eigenvalue weighted by Crippen LogP contribution is -1.99. The maximum atomic E-state index is 6.03. The van der Waals surface area contributed by atoms with Gasteiger partial charge in [-0.05, 0) is 35.0 Å². The van der Waals surface area contributed by atoms with Crippen molar-refractivity contribution in [3.05, 3.63) is 34.0 Å². The van der Waals surface area contributed by atoms with E-state index in [-0.39, 0.29) is 0 Å². The summed E-state index contributed by atoms with van der Waals surface area (Å²) in [5.74, 6) is 0.667. The summed E-state index contributed by atoms with van der Waals surface area (Å²) in [5.41, 5.74) is 7.68. The lowest BCUT2D eigenvalue weighted by atomic mass is 10.1. The molecule has 3 nitrogen and oxygen atoms in total. The van der Waals surface area contributed by atoms with Crippen LogP contribution >= 0.6 is 27.5 Å². The maximum absolute atomic E-state index is 6.03. The van der Waals surface area contributed by atoms with Gasteiger partial charge in [-0.2, -0.15) is 0 Å². The molecule has 1 aromatic carbocycles. The zero-order chi connectivity index (χ0) is 11.7. The van der Waals surface area contributed by atoms with Crippen molar-refractivity contribution in [3.8, 4) is 11.3 Å². The van der Waals surface area contributed by atoms with E-state index < -0.39 is 0 Å². The molecular weight excluding hydrogens is 289 g/mol. The van der Waals surface area contributed by atoms with Crippen molar-refractivity contribution in [2.45, 2.75) is 13.5 Å². The molecular formula is C11H11BrClN3. The molecule has 0 unspecified atom stereocenters. The minimum atomic E-state index is 0.656. The fourth-order valence-electron chi connectivity index (χ4n) is 1.51. The van der Waals surface area contributed by atoms with Crippen LogP contribution < -0.4 is 5.73 Å². The second-order valence-corrected chi connectivity index (χ2v) is 4.65. The second-order valence-electron chi connectivity index (χ2n) is 3.39. The van der Waals surface area contributed by atoms with E-state index >= 15 is 0 Å². The summed E-state index contributed by atoms with van der Waals surface area (Å²) >= 11 is 9.38. The smallest absolute Gasteiger partial charge is 0.131 e. The Morgan fingerprint density at radius 3 is 2.81 bits per heavy atom. The van der Waals surface area contributed by atoms with Gasteiger partial charge in [0.15, 0.2) is 0 Å². The van der Waals surface area contributed by atoms with Crippen LogP contribution in [0.2, 0.25) is 5.02 Å². The monoisotopic (exact) mass is 299 g/mol. The average Bonchev–Trinajstić information content (AvgIpc) is 2.64. The number of halogens is 2. The van der Waals surface area contributed by atoms with Gasteiger partial charge in [-0.25, -0.2) is 4.98 Å². The minimum Gasteiger partial charge on any atom is -0.383 e. The topological polar surface area (TPSA) is 43.8 Å². The number of hydrogen-bond acceptors (Lipinski definition) is 2. The number of anilines is 1. The van der Waals surface area contributed by atoms with Gasteiger partial charge in [-0.1, -0.05) is 17.7 Å². The van der Waals surface area contributed by atoms with Gasteiger partial charge in [0.2, 0.25) is 0 Å². The highest BCUT2D eigenvalue weighted by atomic mass is 79.9. The average molecular weight is 301 g/mol. The Kier molecular flexibility index (Phi) is 3.21. The highest BCUT2D eigenvalue weighted by molar-refractivity contribution is 9.10. The molecule has 0 saturated carbocycles. The number of benzene rings is 1. The Morgan fingerprint density at radius 1 is 1.50 bits per heavy atom. The molecule has 1 heterocycles.